The van der Waals surface area contributed by atoms with Crippen LogP contribution in [0.2, 0.25) is 0 Å². The molecule has 1 heterocycles. The molecule has 1 saturated heterocycles. The zero-order valence-corrected chi connectivity index (χ0v) is 32.9. The lowest BCUT2D eigenvalue weighted by Gasteiger charge is -2.43. The van der Waals surface area contributed by atoms with Crippen LogP contribution in [0.25, 0.3) is 21.5 Å². The number of hydrogen-bond acceptors (Lipinski definition) is 9. The van der Waals surface area contributed by atoms with Gasteiger partial charge in [0.25, 0.3) is 0 Å². The van der Waals surface area contributed by atoms with Crippen molar-refractivity contribution in [2.24, 2.45) is 0 Å². The van der Waals surface area contributed by atoms with E-state index in [1.54, 1.807) is 0 Å². The molecular formula is C44H57NO10S. The van der Waals surface area contributed by atoms with Crippen molar-refractivity contribution in [2.75, 3.05) is 6.61 Å². The Morgan fingerprint density at radius 3 is 1.66 bits per heavy atom. The average molecular weight is 792 g/mol. The fourth-order valence-corrected chi connectivity index (χ4v) is 8.22. The van der Waals surface area contributed by atoms with Crippen LogP contribution >= 0.6 is 0 Å². The predicted octanol–water partition coefficient (Wildman–Crippen LogP) is 7.53. The van der Waals surface area contributed by atoms with Crippen LogP contribution in [0, 0.1) is 0 Å². The molecule has 1 aliphatic heterocycles. The van der Waals surface area contributed by atoms with E-state index in [-0.39, 0.29) is 12.8 Å². The van der Waals surface area contributed by atoms with Gasteiger partial charge in [-0.25, -0.2) is 4.18 Å². The highest BCUT2D eigenvalue weighted by Crippen LogP contribution is 2.28. The number of carbonyl (C=O) groups is 2. The third-order valence-electron chi connectivity index (χ3n) is 10.6. The first kappa shape index (κ1) is 43.2. The quantitative estimate of drug-likeness (QED) is 0.0335. The molecule has 0 spiro atoms. The van der Waals surface area contributed by atoms with E-state index in [1.165, 1.54) is 32.7 Å². The number of carbonyl (C=O) groups excluding carboxylic acids is 2. The fraction of sp³-hybridized carbons (Fsp3) is 0.500. The highest BCUT2D eigenvalue weighted by Gasteiger charge is 2.50. The van der Waals surface area contributed by atoms with Gasteiger partial charge in [0.15, 0.2) is 12.4 Å². The smallest absolute Gasteiger partial charge is 0.397 e. The third kappa shape index (κ3) is 13.3. The molecule has 12 heteroatoms. The molecule has 0 bridgehead atoms. The van der Waals surface area contributed by atoms with Crippen molar-refractivity contribution < 1.29 is 46.4 Å². The lowest BCUT2D eigenvalue weighted by atomic mass is 9.96. The van der Waals surface area contributed by atoms with Gasteiger partial charge in [0.1, 0.15) is 18.2 Å². The zero-order chi connectivity index (χ0) is 39.8. The number of aliphatic hydroxyl groups excluding tert-OH is 2. The minimum Gasteiger partial charge on any atom is -0.457 e. The molecule has 1 amide bonds. The van der Waals surface area contributed by atoms with E-state index < -0.39 is 59.5 Å². The Balaban J connectivity index is 1.03. The Labute approximate surface area is 330 Å². The van der Waals surface area contributed by atoms with E-state index in [1.807, 2.05) is 12.1 Å². The van der Waals surface area contributed by atoms with Crippen LogP contribution in [0.3, 0.4) is 0 Å². The van der Waals surface area contributed by atoms with Crippen LogP contribution in [-0.4, -0.2) is 72.3 Å². The van der Waals surface area contributed by atoms with Gasteiger partial charge in [-0.2, -0.15) is 8.42 Å². The first-order valence-corrected chi connectivity index (χ1v) is 21.5. The highest BCUT2D eigenvalue weighted by atomic mass is 32.3. The first-order valence-electron chi connectivity index (χ1n) is 20.1. The minimum absolute atomic E-state index is 0.00838. The van der Waals surface area contributed by atoms with Crippen molar-refractivity contribution in [3.63, 3.8) is 0 Å². The standard InChI is InChI=1S/C44H57NO10S/c46-31-38-42(55-56(50,51)52)43(54-40(48)30-12-8-4-2-6-10-20-33-24-18-26-35-22-14-16-28-37(33)35)41(44(49)53-38)45-39(47)29-11-7-3-1-5-9-19-32-23-17-25-34-21-13-15-27-36(32)34/h13-18,21-28,38,41-44,46,49H,1-12,19-20,29-31H2,(H,45,47)(H,50,51,52)/t38-,41+,42-,43-,44+/m1/s1. The molecule has 0 unspecified atom stereocenters. The van der Waals surface area contributed by atoms with Crippen molar-refractivity contribution in [1.29, 1.82) is 0 Å². The Kier molecular flexibility index (Phi) is 17.1. The normalized spacial score (nSPS) is 19.9. The van der Waals surface area contributed by atoms with Crippen LogP contribution in [0.15, 0.2) is 84.9 Å². The summed E-state index contributed by atoms with van der Waals surface area (Å²) in [4.78, 5) is 26.0. The molecule has 0 saturated carbocycles. The summed E-state index contributed by atoms with van der Waals surface area (Å²) in [5, 5.41) is 28.3. The Morgan fingerprint density at radius 2 is 1.12 bits per heavy atom. The van der Waals surface area contributed by atoms with E-state index >= 15 is 0 Å². The van der Waals surface area contributed by atoms with Crippen molar-refractivity contribution >= 4 is 43.8 Å². The van der Waals surface area contributed by atoms with Crippen LogP contribution < -0.4 is 5.32 Å². The molecule has 0 radical (unpaired) electrons. The van der Waals surface area contributed by atoms with Gasteiger partial charge in [-0.05, 0) is 71.2 Å². The van der Waals surface area contributed by atoms with Crippen molar-refractivity contribution in [1.82, 2.24) is 5.32 Å². The first-order chi connectivity index (χ1) is 27.1. The second kappa shape index (κ2) is 22.1. The lowest BCUT2D eigenvalue weighted by Crippen LogP contribution is -2.66. The molecule has 5 rings (SSSR count). The lowest BCUT2D eigenvalue weighted by molar-refractivity contribution is -0.254. The van der Waals surface area contributed by atoms with Crippen molar-refractivity contribution in [2.45, 2.75) is 133 Å². The monoisotopic (exact) mass is 791 g/mol. The number of amides is 1. The van der Waals surface area contributed by atoms with Gasteiger partial charge in [0.2, 0.25) is 5.91 Å². The number of fused-ring (bicyclic) bond motifs is 2. The molecule has 304 valence electrons. The highest BCUT2D eigenvalue weighted by molar-refractivity contribution is 7.80. The molecule has 4 N–H and O–H groups in total. The molecule has 5 atom stereocenters. The summed E-state index contributed by atoms with van der Waals surface area (Å²) >= 11 is 0. The van der Waals surface area contributed by atoms with Crippen LogP contribution in [0.1, 0.15) is 101 Å². The number of benzene rings is 4. The number of nitrogens with one attached hydrogen (secondary N) is 1. The summed E-state index contributed by atoms with van der Waals surface area (Å²) in [6, 6.07) is 28.2. The van der Waals surface area contributed by atoms with Crippen LogP contribution in [-0.2, 0) is 46.5 Å². The molecular weight excluding hydrogens is 735 g/mol. The molecule has 0 aliphatic carbocycles. The van der Waals surface area contributed by atoms with Gasteiger partial charge < -0.3 is 25.0 Å². The zero-order valence-electron chi connectivity index (χ0n) is 32.1. The molecule has 4 aromatic carbocycles. The number of rotatable bonds is 23. The second-order valence-electron chi connectivity index (χ2n) is 14.8. The fourth-order valence-electron chi connectivity index (χ4n) is 7.71. The van der Waals surface area contributed by atoms with Gasteiger partial charge in [-0.3, -0.25) is 14.1 Å². The van der Waals surface area contributed by atoms with Gasteiger partial charge in [0.05, 0.1) is 6.61 Å². The maximum Gasteiger partial charge on any atom is 0.397 e. The van der Waals surface area contributed by atoms with E-state index in [4.69, 9.17) is 13.7 Å². The summed E-state index contributed by atoms with van der Waals surface area (Å²) in [5.74, 6) is -1.15. The summed E-state index contributed by atoms with van der Waals surface area (Å²) < 4.78 is 48.8. The Morgan fingerprint density at radius 1 is 0.643 bits per heavy atom. The number of unbranched alkanes of at least 4 members (excludes halogenated alkanes) is 10. The second-order valence-corrected chi connectivity index (χ2v) is 15.9. The van der Waals surface area contributed by atoms with Gasteiger partial charge in [0, 0.05) is 12.8 Å². The minimum atomic E-state index is -5.10. The summed E-state index contributed by atoms with van der Waals surface area (Å²) in [6.45, 7) is -0.811. The number of ether oxygens (including phenoxy) is 2. The van der Waals surface area contributed by atoms with Gasteiger partial charge >= 0.3 is 16.4 Å². The average Bonchev–Trinajstić information content (AvgIpc) is 3.18. The predicted molar refractivity (Wildman–Crippen MR) is 216 cm³/mol. The maximum absolute atomic E-state index is 13.0. The SMILES string of the molecule is O=C(CCCCCCCCc1cccc2ccccc12)N[C@H]1[C@@H](OC(=O)CCCCCCCCc2cccc3ccccc23)[C@H](OS(=O)(=O)O)[C@@H](CO)O[C@@H]1O. The molecule has 56 heavy (non-hydrogen) atoms. The number of aliphatic hydroxyl groups is 2. The molecule has 1 aliphatic rings. The molecule has 4 aromatic rings. The van der Waals surface area contributed by atoms with Gasteiger partial charge in [-0.1, -0.05) is 136 Å². The van der Waals surface area contributed by atoms with Crippen molar-refractivity contribution in [3.8, 4) is 0 Å². The summed E-state index contributed by atoms with van der Waals surface area (Å²) in [7, 11) is -5.10. The largest absolute Gasteiger partial charge is 0.457 e. The summed E-state index contributed by atoms with van der Waals surface area (Å²) in [6.07, 6.45) is 6.49. The maximum atomic E-state index is 13.0. The van der Waals surface area contributed by atoms with E-state index in [2.05, 4.69) is 78.1 Å². The molecule has 11 nitrogen and oxygen atoms in total. The van der Waals surface area contributed by atoms with E-state index in [9.17, 15) is 32.8 Å². The van der Waals surface area contributed by atoms with Crippen LogP contribution in [0.4, 0.5) is 0 Å². The van der Waals surface area contributed by atoms with E-state index in [0.717, 1.165) is 77.0 Å². The Bertz CT molecular complexity index is 1940. The number of aryl methyl sites for hydroxylation is 2. The summed E-state index contributed by atoms with van der Waals surface area (Å²) in [5.41, 5.74) is 2.69. The number of esters is 1. The Hall–Kier alpha value is -3.91. The van der Waals surface area contributed by atoms with Gasteiger partial charge in [-0.15, -0.1) is 0 Å². The van der Waals surface area contributed by atoms with E-state index in [0.29, 0.717) is 12.8 Å². The molecule has 1 fully saturated rings. The third-order valence-corrected chi connectivity index (χ3v) is 11.1. The number of hydrogen-bond donors (Lipinski definition) is 4. The topological polar surface area (TPSA) is 169 Å². The van der Waals surface area contributed by atoms with Crippen LogP contribution in [0.5, 0.6) is 0 Å². The van der Waals surface area contributed by atoms with Crippen molar-refractivity contribution in [3.05, 3.63) is 96.1 Å². The molecule has 0 aromatic heterocycles.